The van der Waals surface area contributed by atoms with Crippen molar-refractivity contribution in [2.75, 3.05) is 54.1 Å². The fraction of sp³-hybridized carbons (Fsp3) is 0.808. The molecule has 0 aliphatic carbocycles. The van der Waals surface area contributed by atoms with Crippen molar-refractivity contribution in [3.63, 3.8) is 0 Å². The summed E-state index contributed by atoms with van der Waals surface area (Å²) in [7, 11) is 1.44. The lowest BCUT2D eigenvalue weighted by molar-refractivity contribution is -0.317. The number of hydrogen-bond donors (Lipinski definition) is 4. The fourth-order valence-corrected chi connectivity index (χ4v) is 12.7. The molecule has 75 heavy (non-hydrogen) atoms. The highest BCUT2D eigenvalue weighted by molar-refractivity contribution is 7.90. The molecule has 19 atom stereocenters. The van der Waals surface area contributed by atoms with Gasteiger partial charge in [-0.25, -0.2) is 22.5 Å². The molecule has 1 aromatic carbocycles. The van der Waals surface area contributed by atoms with Crippen LogP contribution in [0.3, 0.4) is 0 Å². The van der Waals surface area contributed by atoms with Crippen molar-refractivity contribution in [1.82, 2.24) is 24.9 Å². The van der Waals surface area contributed by atoms with Crippen LogP contribution in [0.25, 0.3) is 0 Å². The molecule has 0 spiro atoms. The molecule has 5 N–H and O–H groups in total. The number of benzene rings is 1. The standard InChI is InChI=1S/C52H85FN6O15S/c1-14-40-52(9,68-12)45(58(54)28-60)30(3)42(61)35-23-51(8,69-27-35)47(31(4)44(32(5)48(64)72-40)73-41-24-50(7,67-11)46(63)33(6)71-41)74-49-43(62)39(21-29(2)70-49)57(10)20-19-36-26-59(56-55-36)37(25-53)22-34-15-17-38(18-16-34)75(13,65)66/h15-18,26,29-33,35,37,39-41,43-47,49,60,62-63H,14,19-25,27-28,54H2,1-13H3/t29-,30+,31+,32-,33+,35+,37+,39+,40-,41+,43-,44+,45-,46+,47-,49+,50-,51-,52-/m1/s1. The van der Waals surface area contributed by atoms with Gasteiger partial charge in [0.1, 0.15) is 43.1 Å². The molecule has 5 heterocycles. The van der Waals surface area contributed by atoms with E-state index in [-0.39, 0.29) is 43.0 Å². The van der Waals surface area contributed by atoms with Crippen LogP contribution in [0.1, 0.15) is 105 Å². The summed E-state index contributed by atoms with van der Waals surface area (Å²) in [5.74, 6) is 2.27. The zero-order chi connectivity index (χ0) is 55.5. The molecule has 21 nitrogen and oxygen atoms in total. The minimum absolute atomic E-state index is 0.00156. The molecule has 2 aromatic rings. The molecule has 426 valence electrons. The number of cyclic esters (lactones) is 1. The van der Waals surface area contributed by atoms with E-state index < -0.39 is 143 Å². The molecule has 0 radical (unpaired) electrons. The molecule has 4 fully saturated rings. The highest BCUT2D eigenvalue weighted by atomic mass is 32.2. The molecule has 1 aromatic heterocycles. The van der Waals surface area contributed by atoms with Gasteiger partial charge in [0.25, 0.3) is 0 Å². The SMILES string of the molecule is CC[C@H]1OC(=O)[C@H](C)[C@@H](O[C@H]2C[C@@](C)(OC)[C@@H](O)[C@H](C)O2)[C@H](C)[C@@H](O[C@@H]2O[C@H](C)C[C@H](N(C)CCc3cn([C@H](CF)Cc4ccc(S(C)(=O)=O)cc4)nn3)[C@H]2O)[C@@]2(C)C[C@@H](CO2)C(=O)[C@H](C)[C@@H](N(N)CO)[C@]1(C)OC. The van der Waals surface area contributed by atoms with Crippen LogP contribution in [0, 0.1) is 23.7 Å². The number of carbonyl (C=O) groups excluding carboxylic acids is 2. The molecule has 23 heteroatoms. The maximum atomic E-state index is 14.8. The van der Waals surface area contributed by atoms with E-state index in [1.807, 2.05) is 39.6 Å². The van der Waals surface area contributed by atoms with Crippen LogP contribution < -0.4 is 5.84 Å². The number of alkyl halides is 1. The number of halogens is 1. The number of fused-ring (bicyclic) bond motifs is 2. The third-order valence-corrected chi connectivity index (χ3v) is 17.9. The van der Waals surface area contributed by atoms with E-state index in [1.165, 1.54) is 31.0 Å². The van der Waals surface area contributed by atoms with Gasteiger partial charge in [0.15, 0.2) is 22.4 Å². The first-order chi connectivity index (χ1) is 35.2. The number of Topliss-reactive ketones (excluding diaryl/α,β-unsaturated/α-hetero) is 1. The van der Waals surface area contributed by atoms with Crippen molar-refractivity contribution in [2.24, 2.45) is 29.5 Å². The second-order valence-corrected chi connectivity index (χ2v) is 24.3. The number of nitrogens with two attached hydrogens (primary N) is 1. The van der Waals surface area contributed by atoms with E-state index in [1.54, 1.807) is 52.9 Å². The Balaban J connectivity index is 1.30. The number of esters is 1. The van der Waals surface area contributed by atoms with Gasteiger partial charge >= 0.3 is 5.97 Å². The summed E-state index contributed by atoms with van der Waals surface area (Å²) in [4.78, 5) is 31.8. The number of aromatic nitrogens is 3. The monoisotopic (exact) mass is 1080 g/mol. The Morgan fingerprint density at radius 3 is 2.28 bits per heavy atom. The van der Waals surface area contributed by atoms with Gasteiger partial charge in [0.05, 0.1) is 70.8 Å². The van der Waals surface area contributed by atoms with Gasteiger partial charge in [0.2, 0.25) is 0 Å². The van der Waals surface area contributed by atoms with E-state index in [2.05, 4.69) is 10.3 Å². The Labute approximate surface area is 442 Å². The lowest BCUT2D eigenvalue weighted by atomic mass is 9.74. The smallest absolute Gasteiger partial charge is 0.311 e. The zero-order valence-corrected chi connectivity index (χ0v) is 46.9. The van der Waals surface area contributed by atoms with Crippen molar-refractivity contribution in [2.45, 2.75) is 196 Å². The van der Waals surface area contributed by atoms with Gasteiger partial charge in [0, 0.05) is 69.9 Å². The van der Waals surface area contributed by atoms with Gasteiger partial charge in [-0.1, -0.05) is 38.1 Å². The molecule has 4 saturated heterocycles. The number of ketones is 1. The van der Waals surface area contributed by atoms with E-state index >= 15 is 0 Å². The predicted molar refractivity (Wildman–Crippen MR) is 271 cm³/mol. The van der Waals surface area contributed by atoms with Crippen molar-refractivity contribution < 1.29 is 75.6 Å². The number of hydrazine groups is 1. The van der Waals surface area contributed by atoms with E-state index in [9.17, 15) is 37.7 Å². The molecular formula is C52H85FN6O15S. The Morgan fingerprint density at radius 2 is 1.68 bits per heavy atom. The van der Waals surface area contributed by atoms with Crippen LogP contribution in [0.2, 0.25) is 0 Å². The number of likely N-dealkylation sites (N-methyl/N-ethyl adjacent to an activating group) is 1. The average Bonchev–Trinajstić information content (AvgIpc) is 4.03. The second kappa shape index (κ2) is 24.9. The molecule has 0 saturated carbocycles. The highest BCUT2D eigenvalue weighted by Crippen LogP contribution is 2.45. The van der Waals surface area contributed by atoms with Gasteiger partial charge < -0.3 is 58.1 Å². The number of rotatable bonds is 18. The lowest BCUT2D eigenvalue weighted by Gasteiger charge is -2.49. The van der Waals surface area contributed by atoms with Crippen molar-refractivity contribution in [3.8, 4) is 0 Å². The summed E-state index contributed by atoms with van der Waals surface area (Å²) in [5.41, 5.74) is -2.40. The van der Waals surface area contributed by atoms with Gasteiger partial charge in [-0.3, -0.25) is 15.4 Å². The largest absolute Gasteiger partial charge is 0.459 e. The molecule has 2 bridgehead atoms. The number of aliphatic hydroxyl groups excluding tert-OH is 3. The summed E-state index contributed by atoms with van der Waals surface area (Å²) in [6, 6.07) is 4.19. The predicted octanol–water partition coefficient (Wildman–Crippen LogP) is 2.95. The summed E-state index contributed by atoms with van der Waals surface area (Å²) in [5, 5.41) is 43.6. The quantitative estimate of drug-likeness (QED) is 0.0724. The van der Waals surface area contributed by atoms with Crippen LogP contribution in [0.15, 0.2) is 35.4 Å². The third-order valence-electron chi connectivity index (χ3n) is 16.8. The number of hydrogen-bond acceptors (Lipinski definition) is 20. The number of ether oxygens (including phenoxy) is 8. The van der Waals surface area contributed by atoms with Gasteiger partial charge in [-0.15, -0.1) is 5.10 Å². The van der Waals surface area contributed by atoms with Crippen molar-refractivity contribution in [3.05, 3.63) is 41.7 Å². The van der Waals surface area contributed by atoms with Crippen molar-refractivity contribution in [1.29, 1.82) is 0 Å². The molecular weight excluding hydrogens is 1000 g/mol. The Morgan fingerprint density at radius 1 is 1.00 bits per heavy atom. The summed E-state index contributed by atoms with van der Waals surface area (Å²) in [6.07, 6.45) is -4.23. The van der Waals surface area contributed by atoms with Crippen LogP contribution in [-0.4, -0.2) is 199 Å². The lowest BCUT2D eigenvalue weighted by Crippen LogP contribution is -2.65. The third kappa shape index (κ3) is 13.3. The van der Waals surface area contributed by atoms with E-state index in [0.29, 0.717) is 25.1 Å². The van der Waals surface area contributed by atoms with Crippen LogP contribution in [0.5, 0.6) is 0 Å². The van der Waals surface area contributed by atoms with Crippen LogP contribution in [0.4, 0.5) is 4.39 Å². The van der Waals surface area contributed by atoms with Gasteiger partial charge in [-0.05, 0) is 92.0 Å². The van der Waals surface area contributed by atoms with Crippen molar-refractivity contribution >= 4 is 21.6 Å². The highest BCUT2D eigenvalue weighted by Gasteiger charge is 2.57. The molecule has 4 aliphatic heterocycles. The topological polar surface area (TPSA) is 266 Å². The number of aliphatic hydroxyl groups is 3. The number of methoxy groups -OCH3 is 2. The second-order valence-electron chi connectivity index (χ2n) is 22.2. The van der Waals surface area contributed by atoms with Crippen LogP contribution >= 0.6 is 0 Å². The molecule has 4 aliphatic rings. The first kappa shape index (κ1) is 61.1. The number of carbonyl (C=O) groups is 2. The fourth-order valence-electron chi connectivity index (χ4n) is 12.1. The van der Waals surface area contributed by atoms with Crippen LogP contribution in [-0.2, 0) is 70.2 Å². The first-order valence-electron chi connectivity index (χ1n) is 26.2. The Hall–Kier alpha value is -3.14. The van der Waals surface area contributed by atoms with E-state index in [0.717, 1.165) is 16.8 Å². The number of sulfone groups is 1. The molecule has 6 rings (SSSR count). The normalized spacial score (nSPS) is 38.9. The Bertz CT molecular complexity index is 2320. The molecule has 0 unspecified atom stereocenters. The molecule has 0 amide bonds. The average molecular weight is 1090 g/mol. The summed E-state index contributed by atoms with van der Waals surface area (Å²) >= 11 is 0. The van der Waals surface area contributed by atoms with Gasteiger partial charge in [-0.2, -0.15) is 0 Å². The van der Waals surface area contributed by atoms with E-state index in [4.69, 9.17) is 43.7 Å². The summed E-state index contributed by atoms with van der Waals surface area (Å²) in [6.45, 7) is 15.0. The maximum Gasteiger partial charge on any atom is 0.311 e. The summed E-state index contributed by atoms with van der Waals surface area (Å²) < 4.78 is 91.6. The minimum atomic E-state index is -3.38. The first-order valence-corrected chi connectivity index (χ1v) is 28.1. The minimum Gasteiger partial charge on any atom is -0.459 e. The number of nitrogens with zero attached hydrogens (tertiary/aromatic N) is 5. The zero-order valence-electron chi connectivity index (χ0n) is 46.0. The maximum absolute atomic E-state index is 14.8. The Kier molecular flexibility index (Phi) is 20.3.